The maximum Gasteiger partial charge on any atom is 0.374 e. The molecule has 0 saturated carbocycles. The summed E-state index contributed by atoms with van der Waals surface area (Å²) in [6.07, 6.45) is 1.11. The molecule has 2 N–H and O–H groups in total. The van der Waals surface area contributed by atoms with Crippen LogP contribution in [0, 0.1) is 10.1 Å². The molecular formula is C21H14BrN5O4. The third-order valence-electron chi connectivity index (χ3n) is 4.33. The smallest absolute Gasteiger partial charge is 0.374 e. The summed E-state index contributed by atoms with van der Waals surface area (Å²) in [5.74, 6) is -0.542. The molecule has 3 aromatic carbocycles. The zero-order valence-corrected chi connectivity index (χ0v) is 17.4. The molecule has 0 radical (unpaired) electrons. The Kier molecular flexibility index (Phi) is 5.72. The highest BCUT2D eigenvalue weighted by Gasteiger charge is 2.26. The Balaban J connectivity index is 1.61. The van der Waals surface area contributed by atoms with Crippen LogP contribution in [0.15, 0.2) is 77.5 Å². The molecule has 0 aliphatic rings. The lowest BCUT2D eigenvalue weighted by atomic mass is 10.1. The van der Waals surface area contributed by atoms with Crippen LogP contribution in [0.25, 0.3) is 10.8 Å². The van der Waals surface area contributed by atoms with Crippen LogP contribution in [0.5, 0.6) is 11.6 Å². The highest BCUT2D eigenvalue weighted by atomic mass is 79.9. The Morgan fingerprint density at radius 2 is 1.74 bits per heavy atom. The first-order valence-corrected chi connectivity index (χ1v) is 9.79. The number of hydrogen-bond acceptors (Lipinski definition) is 7. The molecule has 1 heterocycles. The number of halogens is 1. The summed E-state index contributed by atoms with van der Waals surface area (Å²) < 4.78 is 6.60. The summed E-state index contributed by atoms with van der Waals surface area (Å²) >= 11 is 3.29. The monoisotopic (exact) mass is 479 g/mol. The summed E-state index contributed by atoms with van der Waals surface area (Å²) in [6.45, 7) is 0. The molecule has 4 rings (SSSR count). The van der Waals surface area contributed by atoms with Crippen molar-refractivity contribution in [2.75, 3.05) is 5.43 Å². The van der Waals surface area contributed by atoms with Crippen molar-refractivity contribution < 1.29 is 14.5 Å². The predicted octanol–water partition coefficient (Wildman–Crippen LogP) is 4.85. The third-order valence-corrected chi connectivity index (χ3v) is 4.86. The number of rotatable bonds is 6. The maximum atomic E-state index is 12.3. The van der Waals surface area contributed by atoms with E-state index in [1.165, 1.54) is 0 Å². The normalized spacial score (nSPS) is 10.5. The molecule has 0 fully saturated rings. The molecule has 1 aromatic heterocycles. The van der Waals surface area contributed by atoms with E-state index in [0.717, 1.165) is 21.6 Å². The van der Waals surface area contributed by atoms with Gasteiger partial charge in [0.15, 0.2) is 0 Å². The van der Waals surface area contributed by atoms with Gasteiger partial charge < -0.3 is 4.74 Å². The minimum atomic E-state index is -0.672. The van der Waals surface area contributed by atoms with Crippen LogP contribution in [0.1, 0.15) is 10.4 Å². The first-order chi connectivity index (χ1) is 15.0. The number of hydrazine groups is 1. The number of hydrogen-bond donors (Lipinski definition) is 2. The fourth-order valence-electron chi connectivity index (χ4n) is 2.87. The summed E-state index contributed by atoms with van der Waals surface area (Å²) in [5.41, 5.74) is 4.74. The first-order valence-electron chi connectivity index (χ1n) is 9.00. The number of nitrogens with zero attached hydrogens (tertiary/aromatic N) is 3. The molecule has 9 nitrogen and oxygen atoms in total. The first kappa shape index (κ1) is 20.2. The Morgan fingerprint density at radius 3 is 2.52 bits per heavy atom. The fraction of sp³-hybridized carbons (Fsp3) is 0. The molecule has 0 unspecified atom stereocenters. The van der Waals surface area contributed by atoms with E-state index in [1.54, 1.807) is 36.4 Å². The molecule has 10 heteroatoms. The van der Waals surface area contributed by atoms with Gasteiger partial charge in [0.1, 0.15) is 12.1 Å². The number of aromatic nitrogens is 2. The van der Waals surface area contributed by atoms with E-state index < -0.39 is 16.5 Å². The van der Waals surface area contributed by atoms with Crippen LogP contribution in [-0.4, -0.2) is 20.8 Å². The van der Waals surface area contributed by atoms with Gasteiger partial charge in [-0.15, -0.1) is 0 Å². The highest BCUT2D eigenvalue weighted by molar-refractivity contribution is 9.10. The summed E-state index contributed by atoms with van der Waals surface area (Å²) in [6, 6.07) is 19.5. The topological polar surface area (TPSA) is 119 Å². The molecule has 0 saturated heterocycles. The molecule has 1 amide bonds. The number of benzene rings is 3. The van der Waals surface area contributed by atoms with Crippen molar-refractivity contribution >= 4 is 44.1 Å². The third kappa shape index (κ3) is 4.43. The molecule has 31 heavy (non-hydrogen) atoms. The van der Waals surface area contributed by atoms with E-state index in [1.807, 2.05) is 30.3 Å². The van der Waals surface area contributed by atoms with Crippen molar-refractivity contribution in [1.29, 1.82) is 0 Å². The Morgan fingerprint density at radius 1 is 1.00 bits per heavy atom. The molecule has 0 bridgehead atoms. The number of carbonyl (C=O) groups excluding carboxylic acids is 1. The van der Waals surface area contributed by atoms with Crippen LogP contribution in [-0.2, 0) is 0 Å². The Hall–Kier alpha value is -4.05. The van der Waals surface area contributed by atoms with Gasteiger partial charge in [-0.1, -0.05) is 52.3 Å². The van der Waals surface area contributed by atoms with Crippen LogP contribution in [0.4, 0.5) is 11.5 Å². The molecule has 0 atom stereocenters. The van der Waals surface area contributed by atoms with E-state index in [4.69, 9.17) is 4.74 Å². The van der Waals surface area contributed by atoms with Crippen molar-refractivity contribution in [2.45, 2.75) is 0 Å². The van der Waals surface area contributed by atoms with Crippen molar-refractivity contribution in [3.05, 3.63) is 93.2 Å². The second-order valence-corrected chi connectivity index (χ2v) is 7.21. The van der Waals surface area contributed by atoms with Crippen LogP contribution in [0.3, 0.4) is 0 Å². The van der Waals surface area contributed by atoms with Gasteiger partial charge in [0, 0.05) is 15.4 Å². The second kappa shape index (κ2) is 8.76. The molecule has 0 aliphatic heterocycles. The number of nitro groups is 1. The number of anilines is 1. The SMILES string of the molecule is O=C(NNc1ncnc(Oc2cccc3ccccc23)c1[N+](=O)[O-])c1ccc(Br)cc1. The Bertz CT molecular complexity index is 1280. The molecule has 0 aliphatic carbocycles. The van der Waals surface area contributed by atoms with Gasteiger partial charge in [0.05, 0.1) is 4.92 Å². The number of carbonyl (C=O) groups is 1. The Labute approximate surface area is 184 Å². The van der Waals surface area contributed by atoms with Gasteiger partial charge in [-0.3, -0.25) is 25.8 Å². The molecule has 4 aromatic rings. The van der Waals surface area contributed by atoms with Crippen molar-refractivity contribution in [1.82, 2.24) is 15.4 Å². The predicted molar refractivity (Wildman–Crippen MR) is 118 cm³/mol. The van der Waals surface area contributed by atoms with Crippen molar-refractivity contribution in [3.63, 3.8) is 0 Å². The van der Waals surface area contributed by atoms with E-state index in [2.05, 4.69) is 36.7 Å². The van der Waals surface area contributed by atoms with E-state index in [9.17, 15) is 14.9 Å². The van der Waals surface area contributed by atoms with Gasteiger partial charge in [-0.2, -0.15) is 4.98 Å². The largest absolute Gasteiger partial charge is 0.433 e. The van der Waals surface area contributed by atoms with Crippen LogP contribution < -0.4 is 15.6 Å². The lowest BCUT2D eigenvalue weighted by Crippen LogP contribution is -2.30. The summed E-state index contributed by atoms with van der Waals surface area (Å²) in [5, 5.41) is 13.4. The van der Waals surface area contributed by atoms with Crippen LogP contribution >= 0.6 is 15.9 Å². The van der Waals surface area contributed by atoms with Gasteiger partial charge >= 0.3 is 11.6 Å². The quantitative estimate of drug-likeness (QED) is 0.299. The second-order valence-electron chi connectivity index (χ2n) is 6.30. The standard InChI is InChI=1S/C21H14BrN5O4/c22-15-10-8-14(9-11-15)20(28)26-25-19-18(27(29)30)21(24-12-23-19)31-17-7-3-5-13-4-1-2-6-16(13)17/h1-12H,(H,26,28)(H,23,24,25). The van der Waals surface area contributed by atoms with E-state index in [0.29, 0.717) is 11.3 Å². The molecule has 154 valence electrons. The fourth-order valence-corrected chi connectivity index (χ4v) is 3.14. The lowest BCUT2D eigenvalue weighted by Gasteiger charge is -2.11. The minimum absolute atomic E-state index is 0.208. The van der Waals surface area contributed by atoms with Crippen LogP contribution in [0.2, 0.25) is 0 Å². The van der Waals surface area contributed by atoms with Crippen molar-refractivity contribution in [3.8, 4) is 11.6 Å². The molecular weight excluding hydrogens is 466 g/mol. The zero-order chi connectivity index (χ0) is 21.8. The maximum absolute atomic E-state index is 12.3. The zero-order valence-electron chi connectivity index (χ0n) is 15.8. The average molecular weight is 480 g/mol. The number of ether oxygens (including phenoxy) is 1. The number of fused-ring (bicyclic) bond motifs is 1. The number of nitrogens with one attached hydrogen (secondary N) is 2. The highest BCUT2D eigenvalue weighted by Crippen LogP contribution is 2.36. The van der Waals surface area contributed by atoms with Gasteiger partial charge in [-0.05, 0) is 35.7 Å². The van der Waals surface area contributed by atoms with Crippen molar-refractivity contribution in [2.24, 2.45) is 0 Å². The van der Waals surface area contributed by atoms with E-state index >= 15 is 0 Å². The van der Waals surface area contributed by atoms with Gasteiger partial charge in [0.25, 0.3) is 5.91 Å². The lowest BCUT2D eigenvalue weighted by molar-refractivity contribution is -0.385. The summed E-state index contributed by atoms with van der Waals surface area (Å²) in [4.78, 5) is 31.2. The minimum Gasteiger partial charge on any atom is -0.433 e. The van der Waals surface area contributed by atoms with E-state index in [-0.39, 0.29) is 11.7 Å². The van der Waals surface area contributed by atoms with Gasteiger partial charge in [0.2, 0.25) is 5.82 Å². The average Bonchev–Trinajstić information content (AvgIpc) is 2.78. The number of amides is 1. The van der Waals surface area contributed by atoms with Gasteiger partial charge in [-0.25, -0.2) is 4.98 Å². The molecule has 0 spiro atoms. The summed E-state index contributed by atoms with van der Waals surface area (Å²) in [7, 11) is 0.